The van der Waals surface area contributed by atoms with Crippen LogP contribution >= 0.6 is 0 Å². The van der Waals surface area contributed by atoms with E-state index in [0.717, 1.165) is 25.2 Å². The zero-order valence-electron chi connectivity index (χ0n) is 21.2. The molecule has 196 valence electrons. The van der Waals surface area contributed by atoms with Gasteiger partial charge in [0, 0.05) is 50.1 Å². The van der Waals surface area contributed by atoms with Gasteiger partial charge in [-0.15, -0.1) is 0 Å². The average molecular weight is 513 g/mol. The minimum absolute atomic E-state index is 0.0662. The first-order valence-electron chi connectivity index (χ1n) is 13.3. The summed E-state index contributed by atoms with van der Waals surface area (Å²) in [6.07, 6.45) is 8.37. The standard InChI is InChI=1S/C29H32N6O3/c36-27(23-8-14-31-18-25(23)21-4-2-1-3-5-21)33-16-10-29(38,11-17-33)19-34-20-32-26-24(28(34)37)9-15-35(26)22-6-12-30-13-7-22/h1-7,9,12-13,15,20,23,25,31,38H,8,10-11,14,16-19H2/t23-,25+/m1/s1. The highest BCUT2D eigenvalue weighted by molar-refractivity contribution is 5.80. The number of amides is 1. The molecule has 0 unspecified atom stereocenters. The molecule has 0 aliphatic carbocycles. The van der Waals surface area contributed by atoms with Gasteiger partial charge in [0.15, 0.2) is 5.65 Å². The number of benzene rings is 1. The highest BCUT2D eigenvalue weighted by Crippen LogP contribution is 2.33. The smallest absolute Gasteiger partial charge is 0.262 e. The fourth-order valence-corrected chi connectivity index (χ4v) is 5.94. The molecule has 9 nitrogen and oxygen atoms in total. The lowest BCUT2D eigenvalue weighted by molar-refractivity contribution is -0.141. The van der Waals surface area contributed by atoms with E-state index in [-0.39, 0.29) is 29.8 Å². The largest absolute Gasteiger partial charge is 0.388 e. The third-order valence-electron chi connectivity index (χ3n) is 8.11. The Kier molecular flexibility index (Phi) is 6.55. The molecule has 2 fully saturated rings. The summed E-state index contributed by atoms with van der Waals surface area (Å²) in [5, 5.41) is 15.3. The predicted molar refractivity (Wildman–Crippen MR) is 144 cm³/mol. The van der Waals surface area contributed by atoms with Crippen molar-refractivity contribution >= 4 is 16.9 Å². The molecule has 5 heterocycles. The fraction of sp³-hybridized carbons (Fsp3) is 0.379. The Morgan fingerprint density at radius 3 is 2.61 bits per heavy atom. The Hall–Kier alpha value is -3.82. The zero-order chi connectivity index (χ0) is 26.1. The number of carbonyl (C=O) groups excluding carboxylic acids is 1. The van der Waals surface area contributed by atoms with Gasteiger partial charge in [-0.3, -0.25) is 19.1 Å². The number of rotatable bonds is 5. The number of pyridine rings is 1. The van der Waals surface area contributed by atoms with Crippen molar-refractivity contribution in [3.63, 3.8) is 0 Å². The number of aromatic nitrogens is 4. The Morgan fingerprint density at radius 2 is 1.84 bits per heavy atom. The maximum atomic E-state index is 13.6. The number of likely N-dealkylation sites (tertiary alicyclic amines) is 1. The molecule has 9 heteroatoms. The maximum Gasteiger partial charge on any atom is 0.262 e. The van der Waals surface area contributed by atoms with E-state index in [1.54, 1.807) is 18.5 Å². The van der Waals surface area contributed by atoms with E-state index in [1.807, 2.05) is 46.0 Å². The normalized spacial score (nSPS) is 21.4. The molecule has 2 aliphatic heterocycles. The topological polar surface area (TPSA) is 105 Å². The summed E-state index contributed by atoms with van der Waals surface area (Å²) in [7, 11) is 0. The minimum atomic E-state index is -1.07. The van der Waals surface area contributed by atoms with Gasteiger partial charge in [0.1, 0.15) is 6.33 Å². The average Bonchev–Trinajstić information content (AvgIpc) is 3.40. The van der Waals surface area contributed by atoms with Crippen molar-refractivity contribution < 1.29 is 9.90 Å². The van der Waals surface area contributed by atoms with E-state index in [0.29, 0.717) is 37.0 Å². The number of piperidine rings is 2. The molecule has 0 spiro atoms. The van der Waals surface area contributed by atoms with Gasteiger partial charge in [0.25, 0.3) is 5.56 Å². The first-order valence-corrected chi connectivity index (χ1v) is 13.3. The molecule has 38 heavy (non-hydrogen) atoms. The SMILES string of the molecule is O=C([C@@H]1CCNC[C@H]1c1ccccc1)N1CCC(O)(Cn2cnc3c(ccn3-c3ccncc3)c2=O)CC1. The molecule has 2 atom stereocenters. The molecule has 3 aromatic heterocycles. The lowest BCUT2D eigenvalue weighted by Crippen LogP contribution is -2.52. The lowest BCUT2D eigenvalue weighted by atomic mass is 9.80. The lowest BCUT2D eigenvalue weighted by Gasteiger charge is -2.41. The number of nitrogens with zero attached hydrogens (tertiary/aromatic N) is 5. The second kappa shape index (κ2) is 10.2. The van der Waals surface area contributed by atoms with Crippen LogP contribution in [0.4, 0.5) is 0 Å². The number of aliphatic hydroxyl groups is 1. The fourth-order valence-electron chi connectivity index (χ4n) is 5.94. The van der Waals surface area contributed by atoms with E-state index >= 15 is 0 Å². The van der Waals surface area contributed by atoms with Crippen molar-refractivity contribution in [1.29, 1.82) is 0 Å². The van der Waals surface area contributed by atoms with E-state index in [4.69, 9.17) is 0 Å². The summed E-state index contributed by atoms with van der Waals surface area (Å²) in [6.45, 7) is 2.72. The van der Waals surface area contributed by atoms with Crippen LogP contribution in [0.15, 0.2) is 78.2 Å². The quantitative estimate of drug-likeness (QED) is 0.425. The van der Waals surface area contributed by atoms with Crippen molar-refractivity contribution in [3.8, 4) is 5.69 Å². The molecular weight excluding hydrogens is 480 g/mol. The van der Waals surface area contributed by atoms with Crippen molar-refractivity contribution in [2.45, 2.75) is 37.3 Å². The summed E-state index contributed by atoms with van der Waals surface area (Å²) in [4.78, 5) is 37.3. The van der Waals surface area contributed by atoms with Crippen LogP contribution in [0.25, 0.3) is 16.7 Å². The molecule has 0 bridgehead atoms. The Balaban J connectivity index is 1.15. The van der Waals surface area contributed by atoms with Crippen LogP contribution in [-0.4, -0.2) is 66.8 Å². The van der Waals surface area contributed by atoms with Crippen LogP contribution in [0.2, 0.25) is 0 Å². The predicted octanol–water partition coefficient (Wildman–Crippen LogP) is 2.33. The highest BCUT2D eigenvalue weighted by atomic mass is 16.3. The van der Waals surface area contributed by atoms with Crippen LogP contribution < -0.4 is 10.9 Å². The summed E-state index contributed by atoms with van der Waals surface area (Å²) in [5.41, 5.74) is 1.37. The van der Waals surface area contributed by atoms with Crippen LogP contribution in [0.1, 0.15) is 30.7 Å². The summed E-state index contributed by atoms with van der Waals surface area (Å²) in [6, 6.07) is 15.7. The number of carbonyl (C=O) groups is 1. The number of hydrogen-bond acceptors (Lipinski definition) is 6. The minimum Gasteiger partial charge on any atom is -0.388 e. The summed E-state index contributed by atoms with van der Waals surface area (Å²) in [5.74, 6) is 0.248. The van der Waals surface area contributed by atoms with Crippen LogP contribution in [0.5, 0.6) is 0 Å². The molecular formula is C29H32N6O3. The molecule has 2 aliphatic rings. The van der Waals surface area contributed by atoms with Gasteiger partial charge in [0.2, 0.25) is 5.91 Å². The molecule has 1 amide bonds. The number of hydrogen-bond donors (Lipinski definition) is 2. The van der Waals surface area contributed by atoms with E-state index in [9.17, 15) is 14.7 Å². The molecule has 2 N–H and O–H groups in total. The van der Waals surface area contributed by atoms with Crippen LogP contribution in [0.3, 0.4) is 0 Å². The van der Waals surface area contributed by atoms with Gasteiger partial charge in [-0.1, -0.05) is 30.3 Å². The van der Waals surface area contributed by atoms with Crippen molar-refractivity contribution in [2.75, 3.05) is 26.2 Å². The first-order chi connectivity index (χ1) is 18.5. The molecule has 6 rings (SSSR count). The van der Waals surface area contributed by atoms with E-state index in [1.165, 1.54) is 16.5 Å². The highest BCUT2D eigenvalue weighted by Gasteiger charge is 2.39. The van der Waals surface area contributed by atoms with Crippen molar-refractivity contribution in [1.82, 2.24) is 29.3 Å². The van der Waals surface area contributed by atoms with E-state index < -0.39 is 5.60 Å². The molecule has 1 aromatic carbocycles. The Bertz CT molecular complexity index is 1470. The first kappa shape index (κ1) is 24.5. The van der Waals surface area contributed by atoms with Crippen molar-refractivity contribution in [3.05, 3.63) is 89.4 Å². The van der Waals surface area contributed by atoms with Gasteiger partial charge in [-0.25, -0.2) is 4.98 Å². The third-order valence-corrected chi connectivity index (χ3v) is 8.11. The van der Waals surface area contributed by atoms with Gasteiger partial charge < -0.3 is 19.9 Å². The molecule has 0 radical (unpaired) electrons. The molecule has 0 saturated carbocycles. The number of fused-ring (bicyclic) bond motifs is 1. The summed E-state index contributed by atoms with van der Waals surface area (Å²) < 4.78 is 3.35. The van der Waals surface area contributed by atoms with Gasteiger partial charge in [-0.2, -0.15) is 0 Å². The Morgan fingerprint density at radius 1 is 1.08 bits per heavy atom. The molecule has 4 aromatic rings. The second-order valence-electron chi connectivity index (χ2n) is 10.5. The van der Waals surface area contributed by atoms with Gasteiger partial charge in [-0.05, 0) is 49.6 Å². The van der Waals surface area contributed by atoms with Crippen molar-refractivity contribution in [2.24, 2.45) is 5.92 Å². The zero-order valence-corrected chi connectivity index (χ0v) is 21.2. The monoisotopic (exact) mass is 512 g/mol. The van der Waals surface area contributed by atoms with Crippen LogP contribution in [0, 0.1) is 5.92 Å². The number of nitrogens with one attached hydrogen (secondary N) is 1. The maximum absolute atomic E-state index is 13.6. The van der Waals surface area contributed by atoms with Gasteiger partial charge in [0.05, 0.1) is 23.2 Å². The third kappa shape index (κ3) is 4.63. The van der Waals surface area contributed by atoms with Gasteiger partial charge >= 0.3 is 0 Å². The second-order valence-corrected chi connectivity index (χ2v) is 10.5. The Labute approximate surface area is 220 Å². The van der Waals surface area contributed by atoms with Crippen LogP contribution in [-0.2, 0) is 11.3 Å². The van der Waals surface area contributed by atoms with E-state index in [2.05, 4.69) is 27.4 Å². The molecule has 2 saturated heterocycles. The summed E-state index contributed by atoms with van der Waals surface area (Å²) >= 11 is 0.